The van der Waals surface area contributed by atoms with Crippen LogP contribution in [0.3, 0.4) is 0 Å². The summed E-state index contributed by atoms with van der Waals surface area (Å²) in [5, 5.41) is 5.89. The summed E-state index contributed by atoms with van der Waals surface area (Å²) in [5.41, 5.74) is 2.10. The zero-order valence-electron chi connectivity index (χ0n) is 12.5. The van der Waals surface area contributed by atoms with Crippen molar-refractivity contribution in [3.05, 3.63) is 71.1 Å². The topological polar surface area (TPSA) is 45.5 Å². The quantitative estimate of drug-likeness (QED) is 0.804. The lowest BCUT2D eigenvalue weighted by atomic mass is 10.2. The van der Waals surface area contributed by atoms with Crippen molar-refractivity contribution in [2.75, 3.05) is 18.4 Å². The van der Waals surface area contributed by atoms with Crippen molar-refractivity contribution in [2.24, 2.45) is 0 Å². The predicted molar refractivity (Wildman–Crippen MR) is 90.0 cm³/mol. The Morgan fingerprint density at radius 3 is 2.41 bits per heavy atom. The summed E-state index contributed by atoms with van der Waals surface area (Å²) in [6, 6.07) is 22.6. The van der Waals surface area contributed by atoms with E-state index in [1.165, 1.54) is 0 Å². The number of amides is 1. The number of rotatable bonds is 6. The number of carbonyl (C=O) groups excluding carboxylic acids is 1. The molecule has 0 bridgehead atoms. The number of para-hydroxylation sites is 1. The van der Waals surface area contributed by atoms with Crippen LogP contribution in [-0.2, 0) is 11.3 Å². The number of hydrogen-bond acceptors (Lipinski definition) is 2. The second-order valence-electron chi connectivity index (χ2n) is 4.78. The third kappa shape index (κ3) is 6.10. The molecule has 1 amide bonds. The summed E-state index contributed by atoms with van der Waals surface area (Å²) in [4.78, 5) is 15.9. The molecule has 0 saturated carbocycles. The van der Waals surface area contributed by atoms with Gasteiger partial charge in [-0.05, 0) is 12.1 Å². The molecule has 0 radical (unpaired) electrons. The van der Waals surface area contributed by atoms with Crippen molar-refractivity contribution in [1.29, 1.82) is 0 Å². The molecule has 22 heavy (non-hydrogen) atoms. The number of nitrogens with zero attached hydrogens (tertiary/aromatic N) is 1. The second-order valence-corrected chi connectivity index (χ2v) is 4.78. The van der Waals surface area contributed by atoms with E-state index in [4.69, 9.17) is 0 Å². The molecule has 112 valence electrons. The Hall–Kier alpha value is -2.80. The number of hydrogen-bond donors (Lipinski definition) is 2. The molecule has 0 fully saturated rings. The summed E-state index contributed by atoms with van der Waals surface area (Å²) >= 11 is 0. The van der Waals surface area contributed by atoms with Gasteiger partial charge in [0, 0.05) is 17.8 Å². The lowest BCUT2D eigenvalue weighted by molar-refractivity contribution is -0.119. The Morgan fingerprint density at radius 2 is 1.68 bits per heavy atom. The van der Waals surface area contributed by atoms with Crippen LogP contribution in [0.1, 0.15) is 12.0 Å². The van der Waals surface area contributed by atoms with Crippen LogP contribution < -0.4 is 10.6 Å². The molecule has 0 aliphatic carbocycles. The van der Waals surface area contributed by atoms with Gasteiger partial charge in [-0.15, -0.1) is 0 Å². The van der Waals surface area contributed by atoms with Gasteiger partial charge in [-0.3, -0.25) is 4.79 Å². The van der Waals surface area contributed by atoms with Gasteiger partial charge in [0.15, 0.2) is 0 Å². The highest BCUT2D eigenvalue weighted by Gasteiger charge is 2.00. The molecule has 0 aliphatic heterocycles. The maximum absolute atomic E-state index is 11.6. The van der Waals surface area contributed by atoms with E-state index in [2.05, 4.69) is 21.5 Å². The molecule has 2 aromatic carbocycles. The first-order valence-electron chi connectivity index (χ1n) is 7.33. The Balaban J connectivity index is 1.58. The molecule has 4 nitrogen and oxygen atoms in total. The molecule has 2 aromatic rings. The molecule has 0 saturated heterocycles. The van der Waals surface area contributed by atoms with Crippen molar-refractivity contribution in [1.82, 2.24) is 5.32 Å². The molecular weight excluding hydrogens is 274 g/mol. The lowest BCUT2D eigenvalue weighted by Crippen LogP contribution is -2.30. The van der Waals surface area contributed by atoms with Crippen molar-refractivity contribution in [2.45, 2.75) is 13.0 Å². The summed E-state index contributed by atoms with van der Waals surface area (Å²) in [6.45, 7) is 1.45. The van der Waals surface area contributed by atoms with E-state index in [1.807, 2.05) is 60.7 Å². The fourth-order valence-corrected chi connectivity index (χ4v) is 1.87. The summed E-state index contributed by atoms with van der Waals surface area (Å²) in [7, 11) is 0. The average Bonchev–Trinajstić information content (AvgIpc) is 2.58. The highest BCUT2D eigenvalue weighted by Crippen LogP contribution is 2.03. The minimum absolute atomic E-state index is 0.0336. The van der Waals surface area contributed by atoms with Gasteiger partial charge >= 0.3 is 0 Å². The molecule has 4 heteroatoms. The maximum atomic E-state index is 11.6. The van der Waals surface area contributed by atoms with Crippen LogP contribution in [-0.4, -0.2) is 19.0 Å². The molecular formula is C18H20N3O+. The van der Waals surface area contributed by atoms with Crippen LogP contribution in [0.5, 0.6) is 0 Å². The van der Waals surface area contributed by atoms with Gasteiger partial charge in [-0.1, -0.05) is 53.4 Å². The highest BCUT2D eigenvalue weighted by atomic mass is 16.1. The Morgan fingerprint density at radius 1 is 1.00 bits per heavy atom. The van der Waals surface area contributed by atoms with E-state index in [1.54, 1.807) is 0 Å². The molecule has 0 aromatic heterocycles. The van der Waals surface area contributed by atoms with Gasteiger partial charge in [-0.25, -0.2) is 0 Å². The third-order valence-electron chi connectivity index (χ3n) is 3.00. The molecule has 0 heterocycles. The number of nitrogens with one attached hydrogen (secondary N) is 2. The first kappa shape index (κ1) is 15.6. The van der Waals surface area contributed by atoms with E-state index >= 15 is 0 Å². The van der Waals surface area contributed by atoms with Gasteiger partial charge in [0.05, 0.1) is 13.0 Å². The van der Waals surface area contributed by atoms with Gasteiger partial charge in [0.25, 0.3) is 12.6 Å². The van der Waals surface area contributed by atoms with Gasteiger partial charge in [0.2, 0.25) is 5.91 Å². The Labute approximate surface area is 131 Å². The zero-order valence-corrected chi connectivity index (χ0v) is 12.5. The van der Waals surface area contributed by atoms with Crippen molar-refractivity contribution in [3.63, 3.8) is 0 Å². The van der Waals surface area contributed by atoms with Crippen LogP contribution in [0.4, 0.5) is 5.69 Å². The molecule has 0 aliphatic rings. The Bertz CT molecular complexity index is 630. The van der Waals surface area contributed by atoms with E-state index in [9.17, 15) is 4.79 Å². The highest BCUT2D eigenvalue weighted by molar-refractivity contribution is 5.80. The van der Waals surface area contributed by atoms with E-state index < -0.39 is 0 Å². The molecule has 2 N–H and O–H groups in total. The van der Waals surface area contributed by atoms with Crippen LogP contribution in [0, 0.1) is 6.07 Å². The zero-order chi connectivity index (χ0) is 15.5. The summed E-state index contributed by atoms with van der Waals surface area (Å²) < 4.78 is 0. The fraction of sp³-hybridized carbons (Fsp3) is 0.222. The molecule has 2 rings (SSSR count). The smallest absolute Gasteiger partial charge is 0.288 e. The van der Waals surface area contributed by atoms with E-state index in [-0.39, 0.29) is 12.5 Å². The number of carbonyl (C=O) groups is 1. The largest absolute Gasteiger partial charge is 0.376 e. The van der Waals surface area contributed by atoms with Crippen molar-refractivity contribution in [3.8, 4) is 6.07 Å². The maximum Gasteiger partial charge on any atom is 0.288 e. The predicted octanol–water partition coefficient (Wildman–Crippen LogP) is 3.14. The molecule has 0 unspecified atom stereocenters. The standard InChI is InChI=1S/C18H19N3O/c22-18(15-21-17-10-5-2-6-11-17)20-13-7-12-19-14-16-8-3-1-4-9-16/h1-6,8-11,21H,7,13-15H2/p+1. The van der Waals surface area contributed by atoms with Crippen molar-refractivity contribution >= 4 is 11.6 Å². The van der Waals surface area contributed by atoms with E-state index in [0.717, 1.165) is 11.3 Å². The minimum atomic E-state index is -0.0336. The van der Waals surface area contributed by atoms with Crippen molar-refractivity contribution < 1.29 is 4.79 Å². The Kier molecular flexibility index (Phi) is 6.51. The van der Waals surface area contributed by atoms with Crippen LogP contribution in [0.25, 0.3) is 4.85 Å². The van der Waals surface area contributed by atoms with Crippen LogP contribution >= 0.6 is 0 Å². The van der Waals surface area contributed by atoms with Crippen LogP contribution in [0.15, 0.2) is 60.7 Å². The molecule has 0 spiro atoms. The van der Waals surface area contributed by atoms with Gasteiger partial charge in [0.1, 0.15) is 0 Å². The number of benzene rings is 2. The summed E-state index contributed by atoms with van der Waals surface area (Å²) in [5.74, 6) is -0.0336. The van der Waals surface area contributed by atoms with Gasteiger partial charge in [-0.2, -0.15) is 0 Å². The normalized spacial score (nSPS) is 9.45. The monoisotopic (exact) mass is 294 g/mol. The first-order chi connectivity index (χ1) is 10.8. The first-order valence-corrected chi connectivity index (χ1v) is 7.33. The van der Waals surface area contributed by atoms with Crippen LogP contribution in [0.2, 0.25) is 0 Å². The second kappa shape index (κ2) is 9.19. The minimum Gasteiger partial charge on any atom is -0.376 e. The number of anilines is 1. The van der Waals surface area contributed by atoms with Gasteiger partial charge < -0.3 is 10.6 Å². The third-order valence-corrected chi connectivity index (χ3v) is 3.00. The SMILES string of the molecule is O=C(CNc1ccccc1)NCCC#[N+]Cc1ccccc1. The molecule has 0 atom stereocenters. The van der Waals surface area contributed by atoms with E-state index in [0.29, 0.717) is 19.5 Å². The lowest BCUT2D eigenvalue weighted by Gasteiger charge is -2.05. The fourth-order valence-electron chi connectivity index (χ4n) is 1.87. The average molecular weight is 294 g/mol. The summed E-state index contributed by atoms with van der Waals surface area (Å²) in [6.07, 6.45) is 0.615.